The fourth-order valence-corrected chi connectivity index (χ4v) is 3.10. The molecule has 0 saturated carbocycles. The SMILES string of the molecule is CC(=O)N[C@@H]1CCN(Cc2nc(-c3ccccc3C)oc2C)C1. The minimum Gasteiger partial charge on any atom is -0.441 e. The van der Waals surface area contributed by atoms with E-state index in [-0.39, 0.29) is 11.9 Å². The summed E-state index contributed by atoms with van der Waals surface area (Å²) in [6.07, 6.45) is 0.987. The van der Waals surface area contributed by atoms with Crippen LogP contribution >= 0.6 is 0 Å². The van der Waals surface area contributed by atoms with Crippen molar-refractivity contribution in [1.29, 1.82) is 0 Å². The van der Waals surface area contributed by atoms with E-state index in [1.54, 1.807) is 6.92 Å². The fraction of sp³-hybridized carbons (Fsp3) is 0.444. The quantitative estimate of drug-likeness (QED) is 0.943. The van der Waals surface area contributed by atoms with Crippen LogP contribution in [0.25, 0.3) is 11.5 Å². The van der Waals surface area contributed by atoms with Gasteiger partial charge in [-0.05, 0) is 31.9 Å². The number of hydrogen-bond acceptors (Lipinski definition) is 4. The van der Waals surface area contributed by atoms with Crippen molar-refractivity contribution in [2.24, 2.45) is 0 Å². The van der Waals surface area contributed by atoms with Crippen LogP contribution in [-0.2, 0) is 11.3 Å². The number of amides is 1. The molecule has 0 unspecified atom stereocenters. The molecule has 23 heavy (non-hydrogen) atoms. The molecule has 1 aromatic carbocycles. The summed E-state index contributed by atoms with van der Waals surface area (Å²) in [5, 5.41) is 2.99. The van der Waals surface area contributed by atoms with Gasteiger partial charge in [-0.25, -0.2) is 4.98 Å². The molecule has 2 heterocycles. The number of oxazole rings is 1. The number of nitrogens with zero attached hydrogens (tertiary/aromatic N) is 2. The van der Waals surface area contributed by atoms with Crippen molar-refractivity contribution < 1.29 is 9.21 Å². The highest BCUT2D eigenvalue weighted by molar-refractivity contribution is 5.73. The Morgan fingerprint density at radius 2 is 2.17 bits per heavy atom. The van der Waals surface area contributed by atoms with Gasteiger partial charge in [-0.15, -0.1) is 0 Å². The van der Waals surface area contributed by atoms with Crippen molar-refractivity contribution in [2.45, 2.75) is 39.8 Å². The number of carbonyl (C=O) groups excluding carboxylic acids is 1. The van der Waals surface area contributed by atoms with Crippen LogP contribution in [0.1, 0.15) is 30.4 Å². The molecule has 1 amide bonds. The molecule has 0 radical (unpaired) electrons. The first kappa shape index (κ1) is 15.7. The number of benzene rings is 1. The Morgan fingerprint density at radius 3 is 2.91 bits per heavy atom. The van der Waals surface area contributed by atoms with E-state index < -0.39 is 0 Å². The summed E-state index contributed by atoms with van der Waals surface area (Å²) in [7, 11) is 0. The number of rotatable bonds is 4. The fourth-order valence-electron chi connectivity index (χ4n) is 3.10. The second kappa shape index (κ2) is 6.54. The molecule has 1 atom stereocenters. The van der Waals surface area contributed by atoms with Crippen molar-refractivity contribution >= 4 is 5.91 Å². The van der Waals surface area contributed by atoms with Gasteiger partial charge in [0.25, 0.3) is 0 Å². The smallest absolute Gasteiger partial charge is 0.226 e. The van der Waals surface area contributed by atoms with Gasteiger partial charge in [0.15, 0.2) is 0 Å². The molecule has 0 aliphatic carbocycles. The number of nitrogens with one attached hydrogen (secondary N) is 1. The van der Waals surface area contributed by atoms with Gasteiger partial charge in [-0.3, -0.25) is 9.69 Å². The standard InChI is InChI=1S/C18H23N3O2/c1-12-6-4-5-7-16(12)18-20-17(13(2)23-18)11-21-9-8-15(10-21)19-14(3)22/h4-7,15H,8-11H2,1-3H3,(H,19,22)/t15-/m1/s1. The van der Waals surface area contributed by atoms with Crippen molar-refractivity contribution in [1.82, 2.24) is 15.2 Å². The van der Waals surface area contributed by atoms with Crippen LogP contribution in [0.4, 0.5) is 0 Å². The third-order valence-electron chi connectivity index (χ3n) is 4.32. The van der Waals surface area contributed by atoms with Gasteiger partial charge in [-0.2, -0.15) is 0 Å². The van der Waals surface area contributed by atoms with E-state index in [2.05, 4.69) is 23.2 Å². The Hall–Kier alpha value is -2.14. The zero-order chi connectivity index (χ0) is 16.4. The average Bonchev–Trinajstić information content (AvgIpc) is 3.07. The van der Waals surface area contributed by atoms with Gasteiger partial charge in [0.2, 0.25) is 11.8 Å². The molecule has 1 N–H and O–H groups in total. The van der Waals surface area contributed by atoms with E-state index in [9.17, 15) is 4.79 Å². The molecular formula is C18H23N3O2. The lowest BCUT2D eigenvalue weighted by Crippen LogP contribution is -2.35. The molecule has 1 saturated heterocycles. The molecule has 5 heteroatoms. The van der Waals surface area contributed by atoms with Gasteiger partial charge in [0.1, 0.15) is 5.76 Å². The second-order valence-electron chi connectivity index (χ2n) is 6.26. The van der Waals surface area contributed by atoms with Crippen LogP contribution in [-0.4, -0.2) is 34.9 Å². The van der Waals surface area contributed by atoms with Crippen molar-refractivity contribution in [3.63, 3.8) is 0 Å². The Morgan fingerprint density at radius 1 is 1.39 bits per heavy atom. The molecule has 3 rings (SSSR count). The van der Waals surface area contributed by atoms with Crippen LogP contribution in [0.2, 0.25) is 0 Å². The number of aromatic nitrogens is 1. The molecule has 1 aliphatic rings. The van der Waals surface area contributed by atoms with Crippen LogP contribution in [0.3, 0.4) is 0 Å². The highest BCUT2D eigenvalue weighted by Crippen LogP contribution is 2.25. The summed E-state index contributed by atoms with van der Waals surface area (Å²) in [6.45, 7) is 8.19. The number of likely N-dealkylation sites (tertiary alicyclic amines) is 1. The average molecular weight is 313 g/mol. The summed E-state index contributed by atoms with van der Waals surface area (Å²) >= 11 is 0. The Bertz CT molecular complexity index is 708. The maximum absolute atomic E-state index is 11.2. The second-order valence-corrected chi connectivity index (χ2v) is 6.26. The maximum atomic E-state index is 11.2. The van der Waals surface area contributed by atoms with E-state index in [0.717, 1.165) is 48.6 Å². The molecule has 0 bridgehead atoms. The summed E-state index contributed by atoms with van der Waals surface area (Å²) in [5.41, 5.74) is 3.18. The first-order valence-corrected chi connectivity index (χ1v) is 8.04. The predicted octanol–water partition coefficient (Wildman–Crippen LogP) is 2.67. The molecule has 5 nitrogen and oxygen atoms in total. The predicted molar refractivity (Wildman–Crippen MR) is 88.9 cm³/mol. The molecule has 1 aliphatic heterocycles. The summed E-state index contributed by atoms with van der Waals surface area (Å²) in [5.74, 6) is 1.59. The van der Waals surface area contributed by atoms with Gasteiger partial charge < -0.3 is 9.73 Å². The maximum Gasteiger partial charge on any atom is 0.226 e. The van der Waals surface area contributed by atoms with Crippen LogP contribution in [0.15, 0.2) is 28.7 Å². The number of aryl methyl sites for hydroxylation is 2. The largest absolute Gasteiger partial charge is 0.441 e. The number of hydrogen-bond donors (Lipinski definition) is 1. The lowest BCUT2D eigenvalue weighted by molar-refractivity contribution is -0.119. The minimum absolute atomic E-state index is 0.0382. The van der Waals surface area contributed by atoms with Gasteiger partial charge in [-0.1, -0.05) is 18.2 Å². The van der Waals surface area contributed by atoms with Crippen molar-refractivity contribution in [2.75, 3.05) is 13.1 Å². The van der Waals surface area contributed by atoms with Gasteiger partial charge in [0, 0.05) is 38.2 Å². The summed E-state index contributed by atoms with van der Waals surface area (Å²) in [6, 6.07) is 8.36. The number of carbonyl (C=O) groups is 1. The molecular weight excluding hydrogens is 290 g/mol. The van der Waals surface area contributed by atoms with Crippen molar-refractivity contribution in [3.05, 3.63) is 41.3 Å². The third kappa shape index (κ3) is 3.62. The van der Waals surface area contributed by atoms with E-state index in [1.807, 2.05) is 25.1 Å². The third-order valence-corrected chi connectivity index (χ3v) is 4.32. The van der Waals surface area contributed by atoms with Crippen LogP contribution in [0, 0.1) is 13.8 Å². The monoisotopic (exact) mass is 313 g/mol. The first-order chi connectivity index (χ1) is 11.0. The van der Waals surface area contributed by atoms with E-state index in [1.165, 1.54) is 0 Å². The van der Waals surface area contributed by atoms with E-state index in [0.29, 0.717) is 5.89 Å². The molecule has 2 aromatic rings. The molecule has 1 fully saturated rings. The Kier molecular flexibility index (Phi) is 4.48. The van der Waals surface area contributed by atoms with Crippen LogP contribution < -0.4 is 5.32 Å². The first-order valence-electron chi connectivity index (χ1n) is 8.04. The van der Waals surface area contributed by atoms with Crippen molar-refractivity contribution in [3.8, 4) is 11.5 Å². The highest BCUT2D eigenvalue weighted by atomic mass is 16.4. The van der Waals surface area contributed by atoms with E-state index >= 15 is 0 Å². The topological polar surface area (TPSA) is 58.4 Å². The Labute approximate surface area is 136 Å². The molecule has 122 valence electrons. The summed E-state index contributed by atoms with van der Waals surface area (Å²) in [4.78, 5) is 18.2. The zero-order valence-electron chi connectivity index (χ0n) is 13.9. The summed E-state index contributed by atoms with van der Waals surface area (Å²) < 4.78 is 5.88. The lowest BCUT2D eigenvalue weighted by Gasteiger charge is -2.15. The normalized spacial score (nSPS) is 18.3. The minimum atomic E-state index is 0.0382. The van der Waals surface area contributed by atoms with Crippen LogP contribution in [0.5, 0.6) is 0 Å². The van der Waals surface area contributed by atoms with E-state index in [4.69, 9.17) is 9.40 Å². The Balaban J connectivity index is 1.70. The van der Waals surface area contributed by atoms with Gasteiger partial charge >= 0.3 is 0 Å². The van der Waals surface area contributed by atoms with Gasteiger partial charge in [0.05, 0.1) is 5.69 Å². The highest BCUT2D eigenvalue weighted by Gasteiger charge is 2.24. The molecule has 1 aromatic heterocycles. The lowest BCUT2D eigenvalue weighted by atomic mass is 10.1. The molecule has 0 spiro atoms. The zero-order valence-corrected chi connectivity index (χ0v) is 13.9.